The number of nitrogens with one attached hydrogen (secondary N) is 1. The van der Waals surface area contributed by atoms with Crippen molar-refractivity contribution in [2.24, 2.45) is 0 Å². The quantitative estimate of drug-likeness (QED) is 0.488. The average molecular weight is 428 g/mol. The SMILES string of the molecule is C[C@H](Nc1nc2cc(C(F)(F)F)cc(Cl)c2o1)c1ncnn1-c1ncc(F)cn1. The molecule has 0 bridgehead atoms. The molecule has 0 fully saturated rings. The van der Waals surface area contributed by atoms with Crippen molar-refractivity contribution >= 4 is 28.7 Å². The van der Waals surface area contributed by atoms with Crippen molar-refractivity contribution < 1.29 is 22.0 Å². The molecule has 4 aromatic rings. The fourth-order valence-electron chi connectivity index (χ4n) is 2.58. The zero-order valence-electron chi connectivity index (χ0n) is 14.4. The molecule has 1 atom stereocenters. The molecule has 0 unspecified atom stereocenters. The summed E-state index contributed by atoms with van der Waals surface area (Å²) >= 11 is 5.90. The van der Waals surface area contributed by atoms with Crippen LogP contribution in [0.25, 0.3) is 17.0 Å². The van der Waals surface area contributed by atoms with Crippen LogP contribution in [0, 0.1) is 5.82 Å². The van der Waals surface area contributed by atoms with Crippen LogP contribution in [-0.2, 0) is 6.18 Å². The van der Waals surface area contributed by atoms with Gasteiger partial charge in [-0.05, 0) is 19.1 Å². The number of oxazole rings is 1. The van der Waals surface area contributed by atoms with Crippen molar-refractivity contribution in [3.05, 3.63) is 53.1 Å². The van der Waals surface area contributed by atoms with Gasteiger partial charge < -0.3 is 9.73 Å². The lowest BCUT2D eigenvalue weighted by Crippen LogP contribution is -2.15. The first-order chi connectivity index (χ1) is 13.7. The monoisotopic (exact) mass is 427 g/mol. The molecule has 13 heteroatoms. The fourth-order valence-corrected chi connectivity index (χ4v) is 2.83. The summed E-state index contributed by atoms with van der Waals surface area (Å²) in [5.74, 6) is -0.188. The molecule has 0 saturated heterocycles. The molecular weight excluding hydrogens is 418 g/mol. The summed E-state index contributed by atoms with van der Waals surface area (Å²) in [7, 11) is 0. The summed E-state index contributed by atoms with van der Waals surface area (Å²) in [6.45, 7) is 1.68. The molecule has 8 nitrogen and oxygen atoms in total. The van der Waals surface area contributed by atoms with Crippen molar-refractivity contribution in [2.75, 3.05) is 5.32 Å². The summed E-state index contributed by atoms with van der Waals surface area (Å²) < 4.78 is 58.6. The normalized spacial score (nSPS) is 13.0. The minimum Gasteiger partial charge on any atom is -0.422 e. The molecule has 3 aromatic heterocycles. The van der Waals surface area contributed by atoms with E-state index in [0.29, 0.717) is 5.82 Å². The molecule has 0 aliphatic carbocycles. The highest BCUT2D eigenvalue weighted by molar-refractivity contribution is 6.34. The Morgan fingerprint density at radius 2 is 1.90 bits per heavy atom. The Labute approximate surface area is 164 Å². The van der Waals surface area contributed by atoms with Crippen molar-refractivity contribution in [3.63, 3.8) is 0 Å². The molecule has 150 valence electrons. The van der Waals surface area contributed by atoms with Crippen LogP contribution >= 0.6 is 11.6 Å². The smallest absolute Gasteiger partial charge is 0.416 e. The number of halogens is 5. The van der Waals surface area contributed by atoms with Gasteiger partial charge in [-0.2, -0.15) is 27.9 Å². The molecule has 0 radical (unpaired) electrons. The summed E-state index contributed by atoms with van der Waals surface area (Å²) in [6.07, 6.45) is -1.36. The van der Waals surface area contributed by atoms with E-state index in [0.717, 1.165) is 24.5 Å². The van der Waals surface area contributed by atoms with Crippen molar-refractivity contribution in [3.8, 4) is 5.95 Å². The number of fused-ring (bicyclic) bond motifs is 1. The van der Waals surface area contributed by atoms with E-state index >= 15 is 0 Å². The zero-order valence-corrected chi connectivity index (χ0v) is 15.2. The third kappa shape index (κ3) is 3.70. The van der Waals surface area contributed by atoms with E-state index in [1.54, 1.807) is 6.92 Å². The van der Waals surface area contributed by atoms with Gasteiger partial charge in [0.25, 0.3) is 12.0 Å². The second kappa shape index (κ2) is 6.95. The standard InChI is InChI=1S/C16H10ClF4N7O/c1-7(13-24-6-25-28(13)14-22-4-9(18)5-23-14)26-15-27-11-3-8(16(19,20)21)2-10(17)12(11)29-15/h2-7H,1H3,(H,26,27)/t7-/m0/s1. The van der Waals surface area contributed by atoms with E-state index in [2.05, 4.69) is 30.4 Å². The van der Waals surface area contributed by atoms with Crippen LogP contribution in [0.3, 0.4) is 0 Å². The second-order valence-corrected chi connectivity index (χ2v) is 6.33. The Morgan fingerprint density at radius 3 is 2.59 bits per heavy atom. The third-order valence-electron chi connectivity index (χ3n) is 3.87. The maximum Gasteiger partial charge on any atom is 0.416 e. The van der Waals surface area contributed by atoms with E-state index in [9.17, 15) is 17.6 Å². The molecule has 29 heavy (non-hydrogen) atoms. The van der Waals surface area contributed by atoms with Crippen molar-refractivity contribution in [2.45, 2.75) is 19.1 Å². The van der Waals surface area contributed by atoms with Gasteiger partial charge in [0.2, 0.25) is 0 Å². The Balaban J connectivity index is 1.63. The predicted molar refractivity (Wildman–Crippen MR) is 93.0 cm³/mol. The topological polar surface area (TPSA) is 94.6 Å². The first-order valence-corrected chi connectivity index (χ1v) is 8.42. The number of alkyl halides is 3. The average Bonchev–Trinajstić information content (AvgIpc) is 3.28. The summed E-state index contributed by atoms with van der Waals surface area (Å²) in [5, 5.41) is 6.65. The van der Waals surface area contributed by atoms with Gasteiger partial charge in [0, 0.05) is 0 Å². The highest BCUT2D eigenvalue weighted by atomic mass is 35.5. The molecule has 0 spiro atoms. The van der Waals surface area contributed by atoms with Crippen LogP contribution in [0.5, 0.6) is 0 Å². The highest BCUT2D eigenvalue weighted by Gasteiger charge is 2.32. The number of rotatable bonds is 4. The van der Waals surface area contributed by atoms with Crippen LogP contribution in [0.1, 0.15) is 24.4 Å². The van der Waals surface area contributed by atoms with Crippen LogP contribution < -0.4 is 5.32 Å². The van der Waals surface area contributed by atoms with E-state index < -0.39 is 23.6 Å². The van der Waals surface area contributed by atoms with Gasteiger partial charge in [0.15, 0.2) is 17.2 Å². The van der Waals surface area contributed by atoms with Crippen molar-refractivity contribution in [1.82, 2.24) is 29.7 Å². The largest absolute Gasteiger partial charge is 0.422 e. The molecule has 4 rings (SSSR count). The third-order valence-corrected chi connectivity index (χ3v) is 4.15. The van der Waals surface area contributed by atoms with Crippen LogP contribution in [0.4, 0.5) is 23.6 Å². The van der Waals surface area contributed by atoms with Gasteiger partial charge in [-0.15, -0.1) is 0 Å². The lowest BCUT2D eigenvalue weighted by Gasteiger charge is -2.11. The summed E-state index contributed by atoms with van der Waals surface area (Å²) in [5.41, 5.74) is -0.975. The van der Waals surface area contributed by atoms with Gasteiger partial charge in [-0.25, -0.2) is 19.3 Å². The maximum atomic E-state index is 13.0. The molecule has 0 amide bonds. The second-order valence-electron chi connectivity index (χ2n) is 5.92. The maximum absolute atomic E-state index is 13.0. The number of aromatic nitrogens is 6. The minimum absolute atomic E-state index is 0.0118. The number of nitrogens with zero attached hydrogens (tertiary/aromatic N) is 6. The van der Waals surface area contributed by atoms with E-state index in [4.69, 9.17) is 16.0 Å². The van der Waals surface area contributed by atoms with Crippen molar-refractivity contribution in [1.29, 1.82) is 0 Å². The molecule has 0 saturated carbocycles. The van der Waals surface area contributed by atoms with Crippen LogP contribution in [0.2, 0.25) is 5.02 Å². The Kier molecular flexibility index (Phi) is 4.57. The summed E-state index contributed by atoms with van der Waals surface area (Å²) in [4.78, 5) is 15.8. The van der Waals surface area contributed by atoms with Crippen LogP contribution in [-0.4, -0.2) is 29.7 Å². The van der Waals surface area contributed by atoms with Gasteiger partial charge in [0.05, 0.1) is 29.0 Å². The van der Waals surface area contributed by atoms with Gasteiger partial charge in [-0.1, -0.05) is 11.6 Å². The van der Waals surface area contributed by atoms with Gasteiger partial charge >= 0.3 is 6.18 Å². The van der Waals surface area contributed by atoms with Gasteiger partial charge in [0.1, 0.15) is 11.8 Å². The van der Waals surface area contributed by atoms with Crippen LogP contribution in [0.15, 0.2) is 35.3 Å². The molecule has 3 heterocycles. The molecule has 0 aliphatic heterocycles. The first kappa shape index (κ1) is 19.1. The molecular formula is C16H10ClF4N7O. The summed E-state index contributed by atoms with van der Waals surface area (Å²) in [6, 6.07) is 0.976. The van der Waals surface area contributed by atoms with E-state index in [-0.39, 0.29) is 28.1 Å². The Hall–Kier alpha value is -3.28. The molecule has 1 N–H and O–H groups in total. The van der Waals surface area contributed by atoms with E-state index in [1.807, 2.05) is 0 Å². The molecule has 1 aromatic carbocycles. The zero-order chi connectivity index (χ0) is 20.8. The van der Waals surface area contributed by atoms with Gasteiger partial charge in [-0.3, -0.25) is 0 Å². The molecule has 0 aliphatic rings. The first-order valence-electron chi connectivity index (χ1n) is 8.04. The minimum atomic E-state index is -4.57. The number of benzene rings is 1. The Morgan fingerprint density at radius 1 is 1.17 bits per heavy atom. The van der Waals surface area contributed by atoms with E-state index in [1.165, 1.54) is 11.0 Å². The number of anilines is 1. The highest BCUT2D eigenvalue weighted by Crippen LogP contribution is 2.36. The lowest BCUT2D eigenvalue weighted by atomic mass is 10.2. The number of hydrogen-bond donors (Lipinski definition) is 1. The predicted octanol–water partition coefficient (Wildman–Crippen LogP) is 4.18. The Bertz CT molecular complexity index is 1170. The number of hydrogen-bond acceptors (Lipinski definition) is 7. The fraction of sp³-hybridized carbons (Fsp3) is 0.188. The lowest BCUT2D eigenvalue weighted by molar-refractivity contribution is -0.137.